The number of halogens is 1. The van der Waals surface area contributed by atoms with Gasteiger partial charge in [0, 0.05) is 23.1 Å². The summed E-state index contributed by atoms with van der Waals surface area (Å²) >= 11 is 3.20. The second kappa shape index (κ2) is 7.74. The molecular formula is C15H20BrN3O4. The van der Waals surface area contributed by atoms with E-state index >= 15 is 0 Å². The summed E-state index contributed by atoms with van der Waals surface area (Å²) in [5.74, 6) is -0.385. The fraction of sp³-hybridized carbons (Fsp3) is 0.533. The van der Waals surface area contributed by atoms with Crippen molar-refractivity contribution in [2.45, 2.75) is 25.8 Å². The molecule has 0 aromatic heterocycles. The van der Waals surface area contributed by atoms with Gasteiger partial charge in [-0.05, 0) is 32.0 Å². The van der Waals surface area contributed by atoms with Gasteiger partial charge in [-0.1, -0.05) is 22.9 Å². The standard InChI is InChI=1S/C15H20BrN3O4/c1-3-18-6-4-5-11(18)9-17-15(20)12-7-10(16)8-13(19(21)22)14(12)23-2/h7-8,11H,3-6,9H2,1-2H3,(H,17,20). The number of nitrogens with one attached hydrogen (secondary N) is 1. The number of nitrogens with zero attached hydrogens (tertiary/aromatic N) is 2. The summed E-state index contributed by atoms with van der Waals surface area (Å²) in [4.78, 5) is 25.3. The van der Waals surface area contributed by atoms with Gasteiger partial charge in [-0.3, -0.25) is 19.8 Å². The number of ether oxygens (including phenoxy) is 1. The molecule has 0 bridgehead atoms. The molecule has 1 aromatic carbocycles. The van der Waals surface area contributed by atoms with Crippen molar-refractivity contribution < 1.29 is 14.5 Å². The molecule has 1 aliphatic rings. The topological polar surface area (TPSA) is 84.7 Å². The summed E-state index contributed by atoms with van der Waals surface area (Å²) < 4.78 is 5.56. The maximum Gasteiger partial charge on any atom is 0.312 e. The van der Waals surface area contributed by atoms with Crippen molar-refractivity contribution in [1.82, 2.24) is 10.2 Å². The maximum absolute atomic E-state index is 12.5. The average molecular weight is 386 g/mol. The minimum absolute atomic E-state index is 0.0190. The first-order valence-corrected chi connectivity index (χ1v) is 8.31. The Labute approximate surface area is 143 Å². The second-order valence-corrected chi connectivity index (χ2v) is 6.31. The molecule has 126 valence electrons. The third-order valence-electron chi connectivity index (χ3n) is 4.08. The molecule has 1 fully saturated rings. The maximum atomic E-state index is 12.5. The van der Waals surface area contributed by atoms with Crippen molar-refractivity contribution in [3.8, 4) is 5.75 Å². The van der Waals surface area contributed by atoms with E-state index in [-0.39, 0.29) is 22.9 Å². The Morgan fingerprint density at radius 3 is 2.91 bits per heavy atom. The molecule has 0 aliphatic carbocycles. The van der Waals surface area contributed by atoms with Crippen LogP contribution in [0.1, 0.15) is 30.1 Å². The lowest BCUT2D eigenvalue weighted by Crippen LogP contribution is -2.40. The van der Waals surface area contributed by atoms with Crippen LogP contribution in [0.5, 0.6) is 5.75 Å². The number of nitro benzene ring substituents is 1. The molecule has 2 rings (SSSR count). The Balaban J connectivity index is 2.17. The number of carbonyl (C=O) groups is 1. The van der Waals surface area contributed by atoms with Crippen LogP contribution >= 0.6 is 15.9 Å². The van der Waals surface area contributed by atoms with Crippen LogP contribution in [0, 0.1) is 10.1 Å². The highest BCUT2D eigenvalue weighted by Gasteiger charge is 2.27. The summed E-state index contributed by atoms with van der Waals surface area (Å²) in [5, 5.41) is 14.0. The molecule has 7 nitrogen and oxygen atoms in total. The third kappa shape index (κ3) is 4.00. The van der Waals surface area contributed by atoms with Crippen molar-refractivity contribution in [2.24, 2.45) is 0 Å². The lowest BCUT2D eigenvalue weighted by Gasteiger charge is -2.23. The number of benzene rings is 1. The minimum atomic E-state index is -0.559. The zero-order chi connectivity index (χ0) is 17.0. The van der Waals surface area contributed by atoms with Crippen LogP contribution in [0.4, 0.5) is 5.69 Å². The molecule has 1 saturated heterocycles. The first kappa shape index (κ1) is 17.7. The van der Waals surface area contributed by atoms with Crippen LogP contribution in [0.3, 0.4) is 0 Å². The second-order valence-electron chi connectivity index (χ2n) is 5.40. The number of rotatable bonds is 6. The van der Waals surface area contributed by atoms with Gasteiger partial charge in [0.2, 0.25) is 5.75 Å². The molecule has 1 unspecified atom stereocenters. The van der Waals surface area contributed by atoms with E-state index in [0.29, 0.717) is 17.1 Å². The summed E-state index contributed by atoms with van der Waals surface area (Å²) in [7, 11) is 1.32. The lowest BCUT2D eigenvalue weighted by atomic mass is 10.1. The first-order chi connectivity index (χ1) is 11.0. The molecular weight excluding hydrogens is 366 g/mol. The first-order valence-electron chi connectivity index (χ1n) is 7.52. The SMILES string of the molecule is CCN1CCCC1CNC(=O)c1cc(Br)cc([N+](=O)[O-])c1OC. The molecule has 8 heteroatoms. The molecule has 0 radical (unpaired) electrons. The van der Waals surface area contributed by atoms with Crippen LogP contribution in [0.2, 0.25) is 0 Å². The number of nitro groups is 1. The third-order valence-corrected chi connectivity index (χ3v) is 4.54. The molecule has 23 heavy (non-hydrogen) atoms. The minimum Gasteiger partial charge on any atom is -0.490 e. The number of hydrogen-bond donors (Lipinski definition) is 1. The van der Waals surface area contributed by atoms with E-state index in [1.54, 1.807) is 0 Å². The highest BCUT2D eigenvalue weighted by molar-refractivity contribution is 9.10. The van der Waals surface area contributed by atoms with Crippen LogP contribution < -0.4 is 10.1 Å². The number of likely N-dealkylation sites (N-methyl/N-ethyl adjacent to an activating group) is 1. The molecule has 0 saturated carbocycles. The van der Waals surface area contributed by atoms with Gasteiger partial charge >= 0.3 is 5.69 Å². The van der Waals surface area contributed by atoms with Crippen LogP contribution in [0.25, 0.3) is 0 Å². The zero-order valence-electron chi connectivity index (χ0n) is 13.2. The molecule has 1 atom stereocenters. The predicted molar refractivity (Wildman–Crippen MR) is 90.0 cm³/mol. The van der Waals surface area contributed by atoms with E-state index in [9.17, 15) is 14.9 Å². The van der Waals surface area contributed by atoms with E-state index in [1.165, 1.54) is 19.2 Å². The number of likely N-dealkylation sites (tertiary alicyclic amines) is 1. The molecule has 0 spiro atoms. The molecule has 1 aliphatic heterocycles. The zero-order valence-corrected chi connectivity index (χ0v) is 14.8. The summed E-state index contributed by atoms with van der Waals surface area (Å²) in [6.07, 6.45) is 2.17. The average Bonchev–Trinajstić information content (AvgIpc) is 2.99. The van der Waals surface area contributed by atoms with Gasteiger partial charge in [0.25, 0.3) is 5.91 Å². The molecule has 1 heterocycles. The van der Waals surface area contributed by atoms with E-state index in [1.807, 2.05) is 0 Å². The van der Waals surface area contributed by atoms with Gasteiger partial charge in [-0.15, -0.1) is 0 Å². The molecule has 1 N–H and O–H groups in total. The normalized spacial score (nSPS) is 18.0. The van der Waals surface area contributed by atoms with E-state index in [0.717, 1.165) is 25.9 Å². The van der Waals surface area contributed by atoms with Crippen molar-refractivity contribution in [3.05, 3.63) is 32.3 Å². The van der Waals surface area contributed by atoms with Crippen LogP contribution in [-0.4, -0.2) is 48.5 Å². The number of methoxy groups -OCH3 is 1. The quantitative estimate of drug-likeness (QED) is 0.600. The van der Waals surface area contributed by atoms with Gasteiger partial charge in [0.15, 0.2) is 0 Å². The Kier molecular flexibility index (Phi) is 5.95. The lowest BCUT2D eigenvalue weighted by molar-refractivity contribution is -0.385. The van der Waals surface area contributed by atoms with Crippen molar-refractivity contribution in [2.75, 3.05) is 26.7 Å². The van der Waals surface area contributed by atoms with Crippen molar-refractivity contribution in [1.29, 1.82) is 0 Å². The van der Waals surface area contributed by atoms with Crippen molar-refractivity contribution in [3.63, 3.8) is 0 Å². The summed E-state index contributed by atoms with van der Waals surface area (Å²) in [6.45, 7) is 4.62. The van der Waals surface area contributed by atoms with Crippen LogP contribution in [0.15, 0.2) is 16.6 Å². The van der Waals surface area contributed by atoms with Gasteiger partial charge in [-0.2, -0.15) is 0 Å². The monoisotopic (exact) mass is 385 g/mol. The fourth-order valence-electron chi connectivity index (χ4n) is 2.95. The summed E-state index contributed by atoms with van der Waals surface area (Å²) in [6, 6.07) is 3.18. The van der Waals surface area contributed by atoms with Gasteiger partial charge in [0.05, 0.1) is 17.6 Å². The van der Waals surface area contributed by atoms with Crippen LogP contribution in [-0.2, 0) is 0 Å². The van der Waals surface area contributed by atoms with Gasteiger partial charge < -0.3 is 10.1 Å². The Morgan fingerprint density at radius 2 is 2.30 bits per heavy atom. The van der Waals surface area contributed by atoms with Gasteiger partial charge in [-0.25, -0.2) is 0 Å². The highest BCUT2D eigenvalue weighted by Crippen LogP contribution is 2.34. The predicted octanol–water partition coefficient (Wildman–Crippen LogP) is 2.58. The Morgan fingerprint density at radius 1 is 1.57 bits per heavy atom. The van der Waals surface area contributed by atoms with E-state index in [4.69, 9.17) is 4.74 Å². The van der Waals surface area contributed by atoms with E-state index < -0.39 is 4.92 Å². The Bertz CT molecular complexity index is 609. The number of hydrogen-bond acceptors (Lipinski definition) is 5. The smallest absolute Gasteiger partial charge is 0.312 e. The molecule has 1 amide bonds. The van der Waals surface area contributed by atoms with Crippen molar-refractivity contribution >= 4 is 27.5 Å². The highest BCUT2D eigenvalue weighted by atomic mass is 79.9. The number of carbonyl (C=O) groups excluding carboxylic acids is 1. The van der Waals surface area contributed by atoms with Gasteiger partial charge in [0.1, 0.15) is 0 Å². The fourth-order valence-corrected chi connectivity index (χ4v) is 3.39. The van der Waals surface area contributed by atoms with E-state index in [2.05, 4.69) is 33.1 Å². The number of amides is 1. The largest absolute Gasteiger partial charge is 0.490 e. The summed E-state index contributed by atoms with van der Waals surface area (Å²) in [5.41, 5.74) is -0.0716. The Hall–Kier alpha value is -1.67. The molecule has 1 aromatic rings.